The molecule has 0 spiro atoms. The van der Waals surface area contributed by atoms with E-state index in [0.29, 0.717) is 12.2 Å². The number of carbonyl (C=O) groups is 5. The van der Waals surface area contributed by atoms with E-state index in [1.165, 1.54) is 18.7 Å². The van der Waals surface area contributed by atoms with Gasteiger partial charge in [0.15, 0.2) is 5.96 Å². The van der Waals surface area contributed by atoms with Gasteiger partial charge >= 0.3 is 11.9 Å². The molecule has 34 heavy (non-hydrogen) atoms. The summed E-state index contributed by atoms with van der Waals surface area (Å²) >= 11 is 1.40. The molecule has 4 atom stereocenters. The molecule has 0 aromatic carbocycles. The zero-order chi connectivity index (χ0) is 26.3. The first kappa shape index (κ1) is 30.9. The average Bonchev–Trinajstić information content (AvgIpc) is 2.75. The lowest BCUT2D eigenvalue weighted by Gasteiger charge is -2.23. The summed E-state index contributed by atoms with van der Waals surface area (Å²) < 4.78 is 0. The van der Waals surface area contributed by atoms with Crippen LogP contribution in [0, 0.1) is 0 Å². The van der Waals surface area contributed by atoms with E-state index in [0.717, 1.165) is 0 Å². The van der Waals surface area contributed by atoms with Gasteiger partial charge in [0, 0.05) is 13.0 Å². The summed E-state index contributed by atoms with van der Waals surface area (Å²) in [5.74, 6) is -4.26. The number of guanidine groups is 1. The number of aliphatic imine (C=N–C) groups is 1. The predicted molar refractivity (Wildman–Crippen MR) is 127 cm³/mol. The van der Waals surface area contributed by atoms with E-state index in [2.05, 4.69) is 20.9 Å². The first-order chi connectivity index (χ1) is 15.9. The van der Waals surface area contributed by atoms with E-state index < -0.39 is 60.2 Å². The third kappa shape index (κ3) is 13.5. The second-order valence-electron chi connectivity index (χ2n) is 7.46. The number of carboxylic acids is 2. The zero-order valence-electron chi connectivity index (χ0n) is 19.3. The molecule has 0 heterocycles. The number of nitrogens with one attached hydrogen (secondary N) is 3. The lowest BCUT2D eigenvalue weighted by molar-refractivity contribution is -0.143. The van der Waals surface area contributed by atoms with Crippen LogP contribution in [0.3, 0.4) is 0 Å². The standard InChI is InChI=1S/C19H35N7O7S/c1-10(24-16(30)11(20)4-3-8-23-19(21)22)15(29)25-12(5-6-14(27)28)17(31)26-13(18(32)33)7-9-34-2/h10-13H,3-9,20H2,1-2H3,(H,24,30)(H,25,29)(H,26,31)(H,27,28)(H,32,33)(H4,21,22,23). The summed E-state index contributed by atoms with van der Waals surface area (Å²) in [6.07, 6.45) is 1.91. The van der Waals surface area contributed by atoms with Crippen molar-refractivity contribution in [3.63, 3.8) is 0 Å². The molecule has 0 aliphatic heterocycles. The van der Waals surface area contributed by atoms with Gasteiger partial charge in [-0.3, -0.25) is 24.2 Å². The lowest BCUT2D eigenvalue weighted by atomic mass is 10.1. The number of aliphatic carboxylic acids is 2. The number of nitrogens with two attached hydrogens (primary N) is 3. The molecule has 0 radical (unpaired) electrons. The molecule has 0 aliphatic carbocycles. The molecular weight excluding hydrogens is 470 g/mol. The van der Waals surface area contributed by atoms with Crippen molar-refractivity contribution in [2.75, 3.05) is 18.6 Å². The molecule has 0 aromatic heterocycles. The van der Waals surface area contributed by atoms with Gasteiger partial charge in [-0.2, -0.15) is 11.8 Å². The molecule has 15 heteroatoms. The normalized spacial score (nSPS) is 14.1. The zero-order valence-corrected chi connectivity index (χ0v) is 20.1. The summed E-state index contributed by atoms with van der Waals surface area (Å²) in [4.78, 5) is 63.4. The molecule has 0 aliphatic rings. The number of nitrogens with zero attached hydrogens (tertiary/aromatic N) is 1. The minimum absolute atomic E-state index is 0.0799. The number of amides is 3. The first-order valence-corrected chi connectivity index (χ1v) is 11.9. The van der Waals surface area contributed by atoms with Gasteiger partial charge in [-0.25, -0.2) is 4.79 Å². The van der Waals surface area contributed by atoms with Crippen LogP contribution in [-0.2, 0) is 24.0 Å². The molecule has 0 aromatic rings. The minimum atomic E-state index is -1.31. The Morgan fingerprint density at radius 2 is 1.53 bits per heavy atom. The molecule has 0 fully saturated rings. The topological polar surface area (TPSA) is 252 Å². The second kappa shape index (κ2) is 16.5. The fraction of sp³-hybridized carbons (Fsp3) is 0.684. The smallest absolute Gasteiger partial charge is 0.326 e. The Labute approximate surface area is 201 Å². The van der Waals surface area contributed by atoms with E-state index in [-0.39, 0.29) is 31.8 Å². The molecule has 0 saturated carbocycles. The van der Waals surface area contributed by atoms with E-state index in [1.807, 2.05) is 0 Å². The highest BCUT2D eigenvalue weighted by Gasteiger charge is 2.29. The molecule has 3 amide bonds. The summed E-state index contributed by atoms with van der Waals surface area (Å²) in [7, 11) is 0. The highest BCUT2D eigenvalue weighted by atomic mass is 32.2. The molecule has 0 saturated heterocycles. The molecule has 14 nitrogen and oxygen atoms in total. The van der Waals surface area contributed by atoms with Crippen molar-refractivity contribution >= 4 is 47.4 Å². The van der Waals surface area contributed by atoms with Crippen LogP contribution in [0.4, 0.5) is 0 Å². The van der Waals surface area contributed by atoms with Gasteiger partial charge in [0.2, 0.25) is 17.7 Å². The number of carbonyl (C=O) groups excluding carboxylic acids is 3. The van der Waals surface area contributed by atoms with Crippen LogP contribution >= 0.6 is 11.8 Å². The fourth-order valence-corrected chi connectivity index (χ4v) is 3.11. The van der Waals surface area contributed by atoms with Gasteiger partial charge in [-0.15, -0.1) is 0 Å². The van der Waals surface area contributed by atoms with Gasteiger partial charge in [-0.05, 0) is 44.6 Å². The van der Waals surface area contributed by atoms with Crippen molar-refractivity contribution in [1.82, 2.24) is 16.0 Å². The molecule has 11 N–H and O–H groups in total. The number of rotatable bonds is 17. The van der Waals surface area contributed by atoms with Crippen molar-refractivity contribution in [3.05, 3.63) is 0 Å². The van der Waals surface area contributed by atoms with Gasteiger partial charge in [0.05, 0.1) is 6.04 Å². The van der Waals surface area contributed by atoms with E-state index in [4.69, 9.17) is 22.3 Å². The fourth-order valence-electron chi connectivity index (χ4n) is 2.64. The Morgan fingerprint density at radius 1 is 0.912 bits per heavy atom. The van der Waals surface area contributed by atoms with Crippen molar-refractivity contribution in [1.29, 1.82) is 0 Å². The maximum absolute atomic E-state index is 12.6. The maximum atomic E-state index is 12.6. The Kier molecular flexibility index (Phi) is 15.0. The molecule has 0 bridgehead atoms. The quantitative estimate of drug-likeness (QED) is 0.0584. The Bertz CT molecular complexity index is 747. The second-order valence-corrected chi connectivity index (χ2v) is 8.45. The highest BCUT2D eigenvalue weighted by molar-refractivity contribution is 7.98. The summed E-state index contributed by atoms with van der Waals surface area (Å²) in [5.41, 5.74) is 16.2. The summed E-state index contributed by atoms with van der Waals surface area (Å²) in [5, 5.41) is 25.3. The molecule has 4 unspecified atom stereocenters. The monoisotopic (exact) mass is 505 g/mol. The van der Waals surface area contributed by atoms with E-state index >= 15 is 0 Å². The third-order valence-corrected chi connectivity index (χ3v) is 5.21. The largest absolute Gasteiger partial charge is 0.481 e. The van der Waals surface area contributed by atoms with Crippen LogP contribution in [0.15, 0.2) is 4.99 Å². The number of hydrogen-bond acceptors (Lipinski definition) is 8. The third-order valence-electron chi connectivity index (χ3n) is 4.56. The number of carboxylic acid groups (broad SMARTS) is 2. The Hall–Kier alpha value is -3.07. The molecule has 0 rings (SSSR count). The van der Waals surface area contributed by atoms with Crippen LogP contribution in [0.25, 0.3) is 0 Å². The lowest BCUT2D eigenvalue weighted by Crippen LogP contribution is -2.56. The van der Waals surface area contributed by atoms with Crippen molar-refractivity contribution in [2.24, 2.45) is 22.2 Å². The van der Waals surface area contributed by atoms with E-state index in [1.54, 1.807) is 6.26 Å². The van der Waals surface area contributed by atoms with Gasteiger partial charge in [-0.1, -0.05) is 0 Å². The van der Waals surface area contributed by atoms with Crippen LogP contribution in [0.5, 0.6) is 0 Å². The van der Waals surface area contributed by atoms with Crippen molar-refractivity contribution in [3.8, 4) is 0 Å². The van der Waals surface area contributed by atoms with Crippen LogP contribution in [-0.4, -0.2) is 88.6 Å². The van der Waals surface area contributed by atoms with Gasteiger partial charge < -0.3 is 43.4 Å². The van der Waals surface area contributed by atoms with Gasteiger partial charge in [0.1, 0.15) is 18.1 Å². The average molecular weight is 506 g/mol. The van der Waals surface area contributed by atoms with Crippen molar-refractivity contribution in [2.45, 2.75) is 63.2 Å². The van der Waals surface area contributed by atoms with Crippen molar-refractivity contribution < 1.29 is 34.2 Å². The Morgan fingerprint density at radius 3 is 2.06 bits per heavy atom. The SMILES string of the molecule is CSCCC(NC(=O)C(CCC(=O)O)NC(=O)C(C)NC(=O)C(N)CCCN=C(N)N)C(=O)O. The maximum Gasteiger partial charge on any atom is 0.326 e. The van der Waals surface area contributed by atoms with Crippen LogP contribution in [0.2, 0.25) is 0 Å². The van der Waals surface area contributed by atoms with Gasteiger partial charge in [0.25, 0.3) is 0 Å². The number of hydrogen-bond donors (Lipinski definition) is 8. The highest BCUT2D eigenvalue weighted by Crippen LogP contribution is 2.05. The molecule has 194 valence electrons. The molecular formula is C19H35N7O7S. The van der Waals surface area contributed by atoms with Crippen LogP contribution in [0.1, 0.15) is 39.0 Å². The van der Waals surface area contributed by atoms with E-state index in [9.17, 15) is 29.1 Å². The summed E-state index contributed by atoms with van der Waals surface area (Å²) in [6.45, 7) is 1.65. The first-order valence-electron chi connectivity index (χ1n) is 10.5. The van der Waals surface area contributed by atoms with Crippen LogP contribution < -0.4 is 33.2 Å². The minimum Gasteiger partial charge on any atom is -0.481 e. The Balaban J connectivity index is 5.02. The predicted octanol–water partition coefficient (Wildman–Crippen LogP) is -2.46. The number of thioether (sulfide) groups is 1. The summed E-state index contributed by atoms with van der Waals surface area (Å²) in [6, 6.07) is -4.53.